The highest BCUT2D eigenvalue weighted by Gasteiger charge is 2.33. The summed E-state index contributed by atoms with van der Waals surface area (Å²) in [5.74, 6) is -0.567. The fourth-order valence-electron chi connectivity index (χ4n) is 5.73. The molecule has 276 valence electrons. The Balaban J connectivity index is 0.000000153. The van der Waals surface area contributed by atoms with Gasteiger partial charge in [0.2, 0.25) is 0 Å². The molecule has 0 aliphatic carbocycles. The van der Waals surface area contributed by atoms with E-state index in [9.17, 15) is 14.4 Å². The number of nitrogens with zero attached hydrogens (tertiary/aromatic N) is 5. The van der Waals surface area contributed by atoms with Crippen LogP contribution >= 0.6 is 43.5 Å². The molecule has 0 spiro atoms. The molecule has 6 heterocycles. The number of halogens is 3. The Morgan fingerprint density at radius 1 is 0.962 bits per heavy atom. The van der Waals surface area contributed by atoms with E-state index >= 15 is 0 Å². The first-order valence-electron chi connectivity index (χ1n) is 16.2. The van der Waals surface area contributed by atoms with E-state index in [1.165, 1.54) is 12.4 Å². The first-order chi connectivity index (χ1) is 24.9. The molecule has 1 aromatic carbocycles. The van der Waals surface area contributed by atoms with Crippen molar-refractivity contribution in [2.75, 3.05) is 38.6 Å². The van der Waals surface area contributed by atoms with Crippen LogP contribution in [0.2, 0.25) is 5.02 Å². The van der Waals surface area contributed by atoms with Crippen LogP contribution in [0, 0.1) is 5.92 Å². The second-order valence-electron chi connectivity index (χ2n) is 12.3. The van der Waals surface area contributed by atoms with Gasteiger partial charge in [0.1, 0.15) is 6.61 Å². The van der Waals surface area contributed by atoms with Crippen molar-refractivity contribution >= 4 is 78.1 Å². The Bertz CT molecular complexity index is 2050. The Kier molecular flexibility index (Phi) is 13.1. The number of ether oxygens (including phenoxy) is 2. The van der Waals surface area contributed by atoms with Crippen LogP contribution < -0.4 is 27.8 Å². The third-order valence-corrected chi connectivity index (χ3v) is 9.86. The van der Waals surface area contributed by atoms with Gasteiger partial charge < -0.3 is 42.2 Å². The van der Waals surface area contributed by atoms with Crippen molar-refractivity contribution in [2.45, 2.75) is 31.7 Å². The van der Waals surface area contributed by atoms with Gasteiger partial charge in [-0.25, -0.2) is 13.8 Å². The van der Waals surface area contributed by atoms with Gasteiger partial charge in [-0.05, 0) is 62.0 Å². The standard InChI is InChI=1S/C13H16BrN5O.C13H18N2O3.C8H5BrClN3O/c1-7-3-16-5-10(7)18-12-9(13(15)20)4-17-19-6-8(14)2-11(12)19;1-17-12-8-15(7-11(12)14)13(16)18-9-10-5-3-2-4-6-10;9-4-1-6-7(10)5(8(11)14)2-12-13(6)3-4/h2,4,6-7,10,16,18H,3,5H2,1H3,(H2,15,20);2-6,11-12H,7-9,14H2,1H3;1-3H,(H2,11,14)/t7-,10+;11-,12+;/m01./s1. The number of rotatable bonds is 7. The molecular formula is C34H39Br2ClN10O5. The van der Waals surface area contributed by atoms with Gasteiger partial charge in [-0.1, -0.05) is 48.9 Å². The van der Waals surface area contributed by atoms with E-state index in [1.807, 2.05) is 42.6 Å². The van der Waals surface area contributed by atoms with Crippen molar-refractivity contribution in [1.29, 1.82) is 0 Å². The number of anilines is 1. The quantitative estimate of drug-likeness (QED) is 0.159. The Morgan fingerprint density at radius 3 is 2.15 bits per heavy atom. The topological polar surface area (TPSA) is 210 Å². The molecule has 2 aliphatic heterocycles. The van der Waals surface area contributed by atoms with Gasteiger partial charge in [-0.2, -0.15) is 10.2 Å². The maximum absolute atomic E-state index is 11.8. The molecule has 0 unspecified atom stereocenters. The third-order valence-electron chi connectivity index (χ3n) is 8.60. The lowest BCUT2D eigenvalue weighted by Crippen LogP contribution is -2.34. The molecule has 0 bridgehead atoms. The smallest absolute Gasteiger partial charge is 0.410 e. The average Bonchev–Trinajstić information content (AvgIpc) is 3.90. The van der Waals surface area contributed by atoms with Crippen molar-refractivity contribution in [3.05, 3.63) is 97.9 Å². The molecule has 5 aromatic rings. The highest BCUT2D eigenvalue weighted by atomic mass is 79.9. The predicted octanol–water partition coefficient (Wildman–Crippen LogP) is 4.05. The maximum Gasteiger partial charge on any atom is 0.410 e. The number of likely N-dealkylation sites (tertiary alicyclic amines) is 1. The fourth-order valence-corrected chi connectivity index (χ4v) is 6.83. The van der Waals surface area contributed by atoms with Crippen LogP contribution in [0.4, 0.5) is 10.5 Å². The molecule has 4 aromatic heterocycles. The Morgan fingerprint density at radius 2 is 1.58 bits per heavy atom. The average molecular weight is 863 g/mol. The van der Waals surface area contributed by atoms with E-state index in [4.69, 9.17) is 38.3 Å². The minimum absolute atomic E-state index is 0.103. The van der Waals surface area contributed by atoms with Crippen LogP contribution in [0.5, 0.6) is 0 Å². The molecule has 2 aliphatic rings. The Labute approximate surface area is 321 Å². The number of methoxy groups -OCH3 is 1. The zero-order chi connectivity index (χ0) is 37.5. The first kappa shape index (κ1) is 39.0. The molecule has 0 saturated carbocycles. The number of amides is 3. The van der Waals surface area contributed by atoms with Crippen molar-refractivity contribution in [1.82, 2.24) is 29.4 Å². The molecule has 18 heteroatoms. The predicted molar refractivity (Wildman–Crippen MR) is 204 cm³/mol. The van der Waals surface area contributed by atoms with Crippen LogP contribution in [0.1, 0.15) is 33.2 Å². The summed E-state index contributed by atoms with van der Waals surface area (Å²) in [6, 6.07) is 13.4. The monoisotopic (exact) mass is 860 g/mol. The number of nitrogens with two attached hydrogens (primary N) is 3. The summed E-state index contributed by atoms with van der Waals surface area (Å²) in [5, 5.41) is 15.3. The van der Waals surface area contributed by atoms with E-state index in [0.29, 0.717) is 35.1 Å². The van der Waals surface area contributed by atoms with Crippen molar-refractivity contribution in [2.24, 2.45) is 23.1 Å². The lowest BCUT2D eigenvalue weighted by molar-refractivity contribution is 0.0820. The second-order valence-corrected chi connectivity index (χ2v) is 14.5. The zero-order valence-corrected chi connectivity index (χ0v) is 32.3. The van der Waals surface area contributed by atoms with Crippen molar-refractivity contribution in [3.63, 3.8) is 0 Å². The number of benzene rings is 1. The Hall–Kier alpha value is -4.26. The molecule has 2 saturated heterocycles. The lowest BCUT2D eigenvalue weighted by Gasteiger charge is -2.20. The largest absolute Gasteiger partial charge is 0.445 e. The molecule has 3 amide bonds. The minimum Gasteiger partial charge on any atom is -0.445 e. The van der Waals surface area contributed by atoms with E-state index in [0.717, 1.165) is 38.8 Å². The summed E-state index contributed by atoms with van der Waals surface area (Å²) in [6.07, 6.45) is 6.01. The number of aromatic nitrogens is 4. The van der Waals surface area contributed by atoms with Gasteiger partial charge in [-0.15, -0.1) is 0 Å². The van der Waals surface area contributed by atoms with E-state index in [1.54, 1.807) is 33.3 Å². The van der Waals surface area contributed by atoms with Crippen LogP contribution in [-0.4, -0.2) is 93.5 Å². The molecule has 4 atom stereocenters. The van der Waals surface area contributed by atoms with Crippen LogP contribution in [0.25, 0.3) is 11.0 Å². The van der Waals surface area contributed by atoms with E-state index in [2.05, 4.69) is 59.6 Å². The van der Waals surface area contributed by atoms with Gasteiger partial charge in [-0.3, -0.25) is 9.59 Å². The second kappa shape index (κ2) is 17.5. The number of hydrogen-bond acceptors (Lipinski definition) is 10. The summed E-state index contributed by atoms with van der Waals surface area (Å²) >= 11 is 12.7. The summed E-state index contributed by atoms with van der Waals surface area (Å²) in [7, 11) is 1.60. The number of carbonyl (C=O) groups excluding carboxylic acids is 3. The van der Waals surface area contributed by atoms with E-state index in [-0.39, 0.29) is 36.5 Å². The number of nitrogens with one attached hydrogen (secondary N) is 2. The van der Waals surface area contributed by atoms with Gasteiger partial charge in [0.05, 0.1) is 64.0 Å². The van der Waals surface area contributed by atoms with Crippen molar-refractivity contribution < 1.29 is 23.9 Å². The van der Waals surface area contributed by atoms with Gasteiger partial charge in [0.25, 0.3) is 11.8 Å². The van der Waals surface area contributed by atoms with Crippen LogP contribution in [-0.2, 0) is 16.1 Å². The first-order valence-corrected chi connectivity index (χ1v) is 18.1. The molecular weight excluding hydrogens is 824 g/mol. The van der Waals surface area contributed by atoms with Crippen molar-refractivity contribution in [3.8, 4) is 0 Å². The zero-order valence-electron chi connectivity index (χ0n) is 28.3. The third kappa shape index (κ3) is 9.39. The summed E-state index contributed by atoms with van der Waals surface area (Å²) in [6.45, 7) is 5.26. The SMILES string of the molecule is CO[C@H]1CN(C(=O)OCc2ccccc2)C[C@H]1N.C[C@H]1CNC[C@H]1Nc1c(C(N)=O)cnn2cc(Br)cc12.NC(=O)c1cnn2cc(Br)cc2c1Cl. The van der Waals surface area contributed by atoms with Gasteiger partial charge >= 0.3 is 6.09 Å². The van der Waals surface area contributed by atoms with Crippen LogP contribution in [0.3, 0.4) is 0 Å². The van der Waals surface area contributed by atoms with E-state index < -0.39 is 11.8 Å². The molecule has 2 fully saturated rings. The number of fused-ring (bicyclic) bond motifs is 2. The molecule has 52 heavy (non-hydrogen) atoms. The molecule has 7 rings (SSSR count). The maximum atomic E-state index is 11.8. The summed E-state index contributed by atoms with van der Waals surface area (Å²) < 4.78 is 15.5. The minimum atomic E-state index is -0.581. The normalized spacial score (nSPS) is 19.5. The number of primary amides is 2. The summed E-state index contributed by atoms with van der Waals surface area (Å²) in [4.78, 5) is 36.0. The summed E-state index contributed by atoms with van der Waals surface area (Å²) in [5.41, 5.74) is 20.3. The number of carbonyl (C=O) groups is 3. The van der Waals surface area contributed by atoms with Crippen LogP contribution in [0.15, 0.2) is 76.2 Å². The lowest BCUT2D eigenvalue weighted by atomic mass is 10.1. The van der Waals surface area contributed by atoms with Gasteiger partial charge in [0.15, 0.2) is 0 Å². The highest BCUT2D eigenvalue weighted by Crippen LogP contribution is 2.28. The fraction of sp³-hybridized carbons (Fsp3) is 0.324. The molecule has 0 radical (unpaired) electrons. The molecule has 15 nitrogen and oxygen atoms in total. The number of hydrogen-bond donors (Lipinski definition) is 5. The highest BCUT2D eigenvalue weighted by molar-refractivity contribution is 9.10. The van der Waals surface area contributed by atoms with Gasteiger partial charge in [0, 0.05) is 47.6 Å². The molecule has 8 N–H and O–H groups in total.